The second kappa shape index (κ2) is 7.98. The van der Waals surface area contributed by atoms with Crippen LogP contribution in [-0.4, -0.2) is 72.8 Å². The molecule has 10 heteroatoms. The summed E-state index contributed by atoms with van der Waals surface area (Å²) < 4.78 is 49.2. The summed E-state index contributed by atoms with van der Waals surface area (Å²) in [5.74, 6) is 0.311. The van der Waals surface area contributed by atoms with Crippen molar-refractivity contribution in [3.05, 3.63) is 29.8 Å². The zero-order valence-corrected chi connectivity index (χ0v) is 16.5. The van der Waals surface area contributed by atoms with E-state index < -0.39 is 11.7 Å². The first-order valence-corrected chi connectivity index (χ1v) is 9.99. The quantitative estimate of drug-likeness (QED) is 0.802. The van der Waals surface area contributed by atoms with E-state index >= 15 is 0 Å². The maximum Gasteiger partial charge on any atom is 0.416 e. The van der Waals surface area contributed by atoms with Crippen molar-refractivity contribution < 1.29 is 32.2 Å². The first kappa shape index (κ1) is 20.8. The van der Waals surface area contributed by atoms with Crippen LogP contribution in [0.15, 0.2) is 24.3 Å². The topological polar surface area (TPSA) is 71.1 Å². The highest BCUT2D eigenvalue weighted by Gasteiger charge is 2.41. The minimum atomic E-state index is -4.37. The van der Waals surface area contributed by atoms with Crippen LogP contribution in [0.1, 0.15) is 18.9 Å². The molecule has 164 valence electrons. The highest BCUT2D eigenvalue weighted by atomic mass is 19.4. The molecular weight excluding hydrogens is 403 g/mol. The molecule has 7 nitrogen and oxygen atoms in total. The molecular formula is C20H24F3N3O4. The van der Waals surface area contributed by atoms with Crippen LogP contribution < -0.4 is 10.1 Å². The molecule has 3 saturated heterocycles. The summed E-state index contributed by atoms with van der Waals surface area (Å²) in [6.07, 6.45) is -3.97. The number of hydrogen-bond acceptors (Lipinski definition) is 4. The van der Waals surface area contributed by atoms with E-state index in [1.807, 2.05) is 6.92 Å². The smallest absolute Gasteiger partial charge is 0.416 e. The third-order valence-corrected chi connectivity index (χ3v) is 5.94. The van der Waals surface area contributed by atoms with Crippen LogP contribution in [0.4, 0.5) is 18.0 Å². The molecule has 1 aromatic carbocycles. The Morgan fingerprint density at radius 2 is 1.90 bits per heavy atom. The number of halogens is 3. The molecule has 0 aliphatic carbocycles. The fourth-order valence-electron chi connectivity index (χ4n) is 4.07. The van der Waals surface area contributed by atoms with Crippen molar-refractivity contribution in [3.8, 4) is 5.75 Å². The third kappa shape index (κ3) is 4.33. The predicted molar refractivity (Wildman–Crippen MR) is 99.9 cm³/mol. The van der Waals surface area contributed by atoms with Gasteiger partial charge in [0, 0.05) is 32.1 Å². The van der Waals surface area contributed by atoms with Crippen molar-refractivity contribution in [1.82, 2.24) is 15.1 Å². The van der Waals surface area contributed by atoms with Gasteiger partial charge in [0.1, 0.15) is 18.5 Å². The summed E-state index contributed by atoms with van der Waals surface area (Å²) in [7, 11) is 0. The molecule has 3 atom stereocenters. The van der Waals surface area contributed by atoms with Gasteiger partial charge in [0.2, 0.25) is 5.91 Å². The molecule has 30 heavy (non-hydrogen) atoms. The summed E-state index contributed by atoms with van der Waals surface area (Å²) >= 11 is 0. The number of rotatable bonds is 3. The number of alkyl halides is 3. The summed E-state index contributed by atoms with van der Waals surface area (Å²) in [4.78, 5) is 27.7. The number of carbonyl (C=O) groups excluding carboxylic acids is 2. The maximum absolute atomic E-state index is 12.7. The number of amides is 3. The number of ether oxygens (including phenoxy) is 2. The minimum absolute atomic E-state index is 0.0481. The molecule has 0 radical (unpaired) electrons. The van der Waals surface area contributed by atoms with Crippen molar-refractivity contribution in [2.75, 3.05) is 32.8 Å². The fraction of sp³-hybridized carbons (Fsp3) is 0.600. The number of nitrogens with zero attached hydrogens (tertiary/aromatic N) is 2. The summed E-state index contributed by atoms with van der Waals surface area (Å²) in [5, 5.41) is 2.88. The van der Waals surface area contributed by atoms with E-state index in [1.165, 1.54) is 12.1 Å². The van der Waals surface area contributed by atoms with Crippen molar-refractivity contribution in [2.24, 2.45) is 5.92 Å². The molecule has 0 aromatic heterocycles. The van der Waals surface area contributed by atoms with Gasteiger partial charge in [0.25, 0.3) is 0 Å². The van der Waals surface area contributed by atoms with Gasteiger partial charge in [0.15, 0.2) is 0 Å². The first-order valence-electron chi connectivity index (χ1n) is 9.99. The number of hydrogen-bond donors (Lipinski definition) is 1. The van der Waals surface area contributed by atoms with Crippen LogP contribution in [0.25, 0.3) is 0 Å². The number of carbonyl (C=O) groups is 2. The van der Waals surface area contributed by atoms with E-state index in [2.05, 4.69) is 5.32 Å². The summed E-state index contributed by atoms with van der Waals surface area (Å²) in [5.41, 5.74) is -0.716. The van der Waals surface area contributed by atoms with E-state index in [0.717, 1.165) is 12.1 Å². The van der Waals surface area contributed by atoms with E-state index in [4.69, 9.17) is 9.47 Å². The lowest BCUT2D eigenvalue weighted by Gasteiger charge is -2.47. The van der Waals surface area contributed by atoms with Crippen LogP contribution in [-0.2, 0) is 15.7 Å². The molecule has 4 rings (SSSR count). The average molecular weight is 427 g/mol. The van der Waals surface area contributed by atoms with Gasteiger partial charge in [-0.25, -0.2) is 4.79 Å². The number of likely N-dealkylation sites (tertiary alicyclic amines) is 2. The van der Waals surface area contributed by atoms with Crippen LogP contribution in [0.2, 0.25) is 0 Å². The monoisotopic (exact) mass is 427 g/mol. The van der Waals surface area contributed by atoms with Crippen molar-refractivity contribution >= 4 is 11.9 Å². The molecule has 0 saturated carbocycles. The molecule has 3 aliphatic rings. The SMILES string of the molecule is CC(Oc1ccc(C(F)(F)F)cc1)C1CN(C(=O)N2CC[C@@H]3OCC(=O)NC3C2)C1. The molecule has 3 fully saturated rings. The first-order chi connectivity index (χ1) is 14.2. The number of nitrogens with one attached hydrogen (secondary N) is 1. The Hall–Kier alpha value is -2.49. The Labute approximate surface area is 172 Å². The average Bonchev–Trinajstić information content (AvgIpc) is 2.65. The molecule has 2 unspecified atom stereocenters. The Kier molecular flexibility index (Phi) is 5.52. The van der Waals surface area contributed by atoms with Gasteiger partial charge in [0.05, 0.1) is 17.7 Å². The molecule has 3 aliphatic heterocycles. The highest BCUT2D eigenvalue weighted by Crippen LogP contribution is 2.31. The van der Waals surface area contributed by atoms with Crippen LogP contribution in [0, 0.1) is 5.92 Å². The number of piperidine rings is 1. The van der Waals surface area contributed by atoms with E-state index in [1.54, 1.807) is 9.80 Å². The summed E-state index contributed by atoms with van der Waals surface area (Å²) in [6.45, 7) is 3.97. The highest BCUT2D eigenvalue weighted by molar-refractivity contribution is 5.79. The van der Waals surface area contributed by atoms with Gasteiger partial charge in [-0.05, 0) is 37.6 Å². The minimum Gasteiger partial charge on any atom is -0.490 e. The Morgan fingerprint density at radius 1 is 1.20 bits per heavy atom. The maximum atomic E-state index is 12.7. The van der Waals surface area contributed by atoms with E-state index in [9.17, 15) is 22.8 Å². The zero-order valence-electron chi connectivity index (χ0n) is 16.5. The van der Waals surface area contributed by atoms with Gasteiger partial charge in [-0.1, -0.05) is 0 Å². The molecule has 1 aromatic rings. The lowest BCUT2D eigenvalue weighted by atomic mass is 9.94. The molecule has 0 bridgehead atoms. The van der Waals surface area contributed by atoms with Gasteiger partial charge in [-0.3, -0.25) is 4.79 Å². The predicted octanol–water partition coefficient (Wildman–Crippen LogP) is 2.11. The lowest BCUT2D eigenvalue weighted by molar-refractivity contribution is -0.140. The molecule has 0 spiro atoms. The van der Waals surface area contributed by atoms with Crippen LogP contribution in [0.3, 0.4) is 0 Å². The lowest BCUT2D eigenvalue weighted by Crippen LogP contribution is -2.64. The third-order valence-electron chi connectivity index (χ3n) is 5.94. The largest absolute Gasteiger partial charge is 0.490 e. The van der Waals surface area contributed by atoms with Gasteiger partial charge >= 0.3 is 12.2 Å². The van der Waals surface area contributed by atoms with Gasteiger partial charge in [-0.2, -0.15) is 13.2 Å². The Balaban J connectivity index is 1.25. The molecule has 3 amide bonds. The molecule has 3 heterocycles. The van der Waals surface area contributed by atoms with Gasteiger partial charge in [-0.15, -0.1) is 0 Å². The standard InChI is InChI=1S/C20H24F3N3O4/c1-12(30-15-4-2-14(3-5-15)20(21,22)23)13-8-26(9-13)19(28)25-7-6-17-16(10-25)24-18(27)11-29-17/h2-5,12-13,16-17H,6-11H2,1H3,(H,24,27)/t12?,16?,17-/m0/s1. The number of morpholine rings is 1. The van der Waals surface area contributed by atoms with Crippen molar-refractivity contribution in [3.63, 3.8) is 0 Å². The molecule has 1 N–H and O–H groups in total. The van der Waals surface area contributed by atoms with Crippen LogP contribution in [0.5, 0.6) is 5.75 Å². The summed E-state index contributed by atoms with van der Waals surface area (Å²) in [6, 6.07) is 4.36. The number of benzene rings is 1. The normalized spacial score (nSPS) is 25.8. The van der Waals surface area contributed by atoms with Crippen molar-refractivity contribution in [1.29, 1.82) is 0 Å². The van der Waals surface area contributed by atoms with E-state index in [-0.39, 0.29) is 42.7 Å². The zero-order chi connectivity index (χ0) is 21.5. The second-order valence-corrected chi connectivity index (χ2v) is 8.05. The van der Waals surface area contributed by atoms with Gasteiger partial charge < -0.3 is 24.6 Å². The number of fused-ring (bicyclic) bond motifs is 1. The fourth-order valence-corrected chi connectivity index (χ4v) is 4.07. The number of urea groups is 1. The van der Waals surface area contributed by atoms with Crippen LogP contribution >= 0.6 is 0 Å². The Bertz CT molecular complexity index is 795. The Morgan fingerprint density at radius 3 is 2.57 bits per heavy atom. The van der Waals surface area contributed by atoms with E-state index in [0.29, 0.717) is 38.3 Å². The second-order valence-electron chi connectivity index (χ2n) is 8.05. The van der Waals surface area contributed by atoms with Crippen molar-refractivity contribution in [2.45, 2.75) is 37.8 Å².